The molecule has 20 heavy (non-hydrogen) atoms. The van der Waals surface area contributed by atoms with Crippen LogP contribution in [0.15, 0.2) is 23.1 Å². The summed E-state index contributed by atoms with van der Waals surface area (Å²) in [7, 11) is -4.37. The third kappa shape index (κ3) is 2.65. The van der Waals surface area contributed by atoms with Crippen molar-refractivity contribution in [1.29, 1.82) is 0 Å². The number of rotatable bonds is 3. The van der Waals surface area contributed by atoms with Gasteiger partial charge in [0.2, 0.25) is 10.0 Å². The first kappa shape index (κ1) is 14.8. The summed E-state index contributed by atoms with van der Waals surface area (Å²) in [6, 6.07) is 0.571. The second-order valence-electron chi connectivity index (χ2n) is 4.12. The molecule has 1 fully saturated rings. The summed E-state index contributed by atoms with van der Waals surface area (Å²) < 4.78 is 56.5. The maximum Gasteiger partial charge on any atom is 0.324 e. The molecule has 0 saturated carbocycles. The highest BCUT2D eigenvalue weighted by atomic mass is 32.2. The van der Waals surface area contributed by atoms with E-state index in [0.29, 0.717) is 10.4 Å². The minimum absolute atomic E-state index is 0.00578. The average molecular weight is 307 g/mol. The van der Waals surface area contributed by atoms with Gasteiger partial charge in [-0.25, -0.2) is 17.2 Å². The largest absolute Gasteiger partial charge is 0.480 e. The van der Waals surface area contributed by atoms with E-state index < -0.39 is 38.6 Å². The summed E-state index contributed by atoms with van der Waals surface area (Å²) in [6.45, 7) is -0.528. The fourth-order valence-electron chi connectivity index (χ4n) is 1.88. The van der Waals surface area contributed by atoms with Crippen LogP contribution in [-0.2, 0) is 19.6 Å². The summed E-state index contributed by atoms with van der Waals surface area (Å²) in [6.07, 6.45) is 0. The monoisotopic (exact) mass is 307 g/mol. The first-order chi connectivity index (χ1) is 9.34. The Kier molecular flexibility index (Phi) is 4.02. The standard InChI is InChI=1S/C11H11F2NO5S/c12-7-1-2-10(8(13)5-7)20(17,18)14-3-4-19-6-9(14)11(15)16/h1-2,5,9H,3-4,6H2,(H,15,16). The molecule has 0 aliphatic carbocycles. The SMILES string of the molecule is O=C(O)C1COCCN1S(=O)(=O)c1ccc(F)cc1F. The molecule has 1 saturated heterocycles. The summed E-state index contributed by atoms with van der Waals surface area (Å²) in [4.78, 5) is 10.3. The van der Waals surface area contributed by atoms with Gasteiger partial charge in [-0.1, -0.05) is 0 Å². The van der Waals surface area contributed by atoms with Crippen molar-refractivity contribution in [3.8, 4) is 0 Å². The fourth-order valence-corrected chi connectivity index (χ4v) is 3.48. The van der Waals surface area contributed by atoms with E-state index in [1.165, 1.54) is 0 Å². The Labute approximate surface area is 113 Å². The highest BCUT2D eigenvalue weighted by molar-refractivity contribution is 7.89. The van der Waals surface area contributed by atoms with E-state index in [1.807, 2.05) is 0 Å². The maximum atomic E-state index is 13.6. The van der Waals surface area contributed by atoms with Crippen LogP contribution in [0.5, 0.6) is 0 Å². The van der Waals surface area contributed by atoms with Gasteiger partial charge < -0.3 is 9.84 Å². The van der Waals surface area contributed by atoms with Gasteiger partial charge in [-0.2, -0.15) is 4.31 Å². The first-order valence-electron chi connectivity index (χ1n) is 5.61. The van der Waals surface area contributed by atoms with Crippen LogP contribution in [0.25, 0.3) is 0 Å². The van der Waals surface area contributed by atoms with Crippen molar-refractivity contribution in [3.63, 3.8) is 0 Å². The van der Waals surface area contributed by atoms with Crippen LogP contribution in [0, 0.1) is 11.6 Å². The van der Waals surface area contributed by atoms with Gasteiger partial charge in [-0.05, 0) is 12.1 Å². The fraction of sp³-hybridized carbons (Fsp3) is 0.364. The molecule has 0 radical (unpaired) electrons. The molecule has 1 unspecified atom stereocenters. The topological polar surface area (TPSA) is 83.9 Å². The molecule has 110 valence electrons. The smallest absolute Gasteiger partial charge is 0.324 e. The Balaban J connectivity index is 2.45. The molecule has 0 bridgehead atoms. The average Bonchev–Trinajstić information content (AvgIpc) is 2.38. The molecule has 1 heterocycles. The molecular formula is C11H11F2NO5S. The van der Waals surface area contributed by atoms with E-state index in [1.54, 1.807) is 0 Å². The molecule has 1 aliphatic heterocycles. The van der Waals surface area contributed by atoms with Crippen molar-refractivity contribution in [2.75, 3.05) is 19.8 Å². The molecule has 0 amide bonds. The van der Waals surface area contributed by atoms with Crippen LogP contribution in [-0.4, -0.2) is 49.6 Å². The Morgan fingerprint density at radius 3 is 2.70 bits per heavy atom. The molecular weight excluding hydrogens is 296 g/mol. The molecule has 0 aromatic heterocycles. The quantitative estimate of drug-likeness (QED) is 0.876. The first-order valence-corrected chi connectivity index (χ1v) is 7.05. The second-order valence-corrected chi connectivity index (χ2v) is 5.98. The molecule has 6 nitrogen and oxygen atoms in total. The van der Waals surface area contributed by atoms with E-state index in [9.17, 15) is 22.0 Å². The minimum atomic E-state index is -4.37. The lowest BCUT2D eigenvalue weighted by Crippen LogP contribution is -2.52. The van der Waals surface area contributed by atoms with Crippen LogP contribution in [0.1, 0.15) is 0 Å². The second kappa shape index (κ2) is 5.43. The number of sulfonamides is 1. The Bertz CT molecular complexity index is 634. The van der Waals surface area contributed by atoms with Crippen molar-refractivity contribution >= 4 is 16.0 Å². The molecule has 1 N–H and O–H groups in total. The van der Waals surface area contributed by atoms with Gasteiger partial charge in [0.05, 0.1) is 13.2 Å². The highest BCUT2D eigenvalue weighted by Crippen LogP contribution is 2.23. The third-order valence-electron chi connectivity index (χ3n) is 2.84. The Morgan fingerprint density at radius 1 is 1.40 bits per heavy atom. The summed E-state index contributed by atoms with van der Waals surface area (Å²) in [5, 5.41) is 8.99. The number of ether oxygens (including phenoxy) is 1. The van der Waals surface area contributed by atoms with Gasteiger partial charge >= 0.3 is 5.97 Å². The van der Waals surface area contributed by atoms with Crippen LogP contribution in [0.4, 0.5) is 8.78 Å². The number of nitrogens with zero attached hydrogens (tertiary/aromatic N) is 1. The predicted octanol–water partition coefficient (Wildman–Crippen LogP) is 0.439. The lowest BCUT2D eigenvalue weighted by Gasteiger charge is -2.31. The number of morpholine rings is 1. The normalized spacial score (nSPS) is 20.8. The van der Waals surface area contributed by atoms with E-state index in [4.69, 9.17) is 9.84 Å². The zero-order valence-corrected chi connectivity index (χ0v) is 10.9. The Hall–Kier alpha value is -1.58. The van der Waals surface area contributed by atoms with Crippen molar-refractivity contribution in [1.82, 2.24) is 4.31 Å². The van der Waals surface area contributed by atoms with Crippen LogP contribution in [0.3, 0.4) is 0 Å². The molecule has 1 aromatic carbocycles. The van der Waals surface area contributed by atoms with Gasteiger partial charge in [-0.15, -0.1) is 0 Å². The Morgan fingerprint density at radius 2 is 2.10 bits per heavy atom. The number of carboxylic acid groups (broad SMARTS) is 1. The number of hydrogen-bond donors (Lipinski definition) is 1. The van der Waals surface area contributed by atoms with E-state index in [0.717, 1.165) is 12.1 Å². The maximum absolute atomic E-state index is 13.6. The molecule has 1 aliphatic rings. The van der Waals surface area contributed by atoms with Gasteiger partial charge in [0.1, 0.15) is 22.6 Å². The number of halogens is 2. The number of benzene rings is 1. The third-order valence-corrected chi connectivity index (χ3v) is 4.79. The molecule has 1 aromatic rings. The zero-order chi connectivity index (χ0) is 14.9. The summed E-state index contributed by atoms with van der Waals surface area (Å²) >= 11 is 0. The molecule has 0 spiro atoms. The van der Waals surface area contributed by atoms with Crippen LogP contribution < -0.4 is 0 Å². The highest BCUT2D eigenvalue weighted by Gasteiger charge is 2.39. The number of carbonyl (C=O) groups is 1. The van der Waals surface area contributed by atoms with Crippen LogP contribution in [0.2, 0.25) is 0 Å². The number of hydrogen-bond acceptors (Lipinski definition) is 4. The molecule has 1 atom stereocenters. The van der Waals surface area contributed by atoms with E-state index in [-0.39, 0.29) is 19.8 Å². The van der Waals surface area contributed by atoms with E-state index >= 15 is 0 Å². The molecule has 9 heteroatoms. The van der Waals surface area contributed by atoms with Gasteiger partial charge in [-0.3, -0.25) is 4.79 Å². The summed E-state index contributed by atoms with van der Waals surface area (Å²) in [5.74, 6) is -3.57. The number of aliphatic carboxylic acids is 1. The van der Waals surface area contributed by atoms with Crippen molar-refractivity contribution in [2.45, 2.75) is 10.9 Å². The minimum Gasteiger partial charge on any atom is -0.480 e. The van der Waals surface area contributed by atoms with E-state index in [2.05, 4.69) is 0 Å². The lowest BCUT2D eigenvalue weighted by molar-refractivity contribution is -0.146. The summed E-state index contributed by atoms with van der Waals surface area (Å²) in [5.41, 5.74) is 0. The predicted molar refractivity (Wildman–Crippen MR) is 62.5 cm³/mol. The number of carboxylic acids is 1. The molecule has 2 rings (SSSR count). The van der Waals surface area contributed by atoms with Crippen molar-refractivity contribution < 1.29 is 31.8 Å². The lowest BCUT2D eigenvalue weighted by atomic mass is 10.3. The van der Waals surface area contributed by atoms with Crippen molar-refractivity contribution in [2.24, 2.45) is 0 Å². The van der Waals surface area contributed by atoms with Gasteiger partial charge in [0.15, 0.2) is 0 Å². The zero-order valence-electron chi connectivity index (χ0n) is 10.1. The van der Waals surface area contributed by atoms with Crippen LogP contribution >= 0.6 is 0 Å². The van der Waals surface area contributed by atoms with Crippen molar-refractivity contribution in [3.05, 3.63) is 29.8 Å². The van der Waals surface area contributed by atoms with Gasteiger partial charge in [0.25, 0.3) is 0 Å². The van der Waals surface area contributed by atoms with Gasteiger partial charge in [0, 0.05) is 12.6 Å².